The Hall–Kier alpha value is -2.34. The van der Waals surface area contributed by atoms with E-state index < -0.39 is 0 Å². The topological polar surface area (TPSA) is 62.3 Å². The fourth-order valence-corrected chi connectivity index (χ4v) is 4.02. The lowest BCUT2D eigenvalue weighted by atomic mass is 10.1. The fraction of sp³-hybridized carbons (Fsp3) is 0.350. The second-order valence-corrected chi connectivity index (χ2v) is 7.82. The molecule has 134 valence electrons. The van der Waals surface area contributed by atoms with Crippen LogP contribution in [0.1, 0.15) is 24.8 Å². The maximum Gasteiger partial charge on any atom is 0.229 e. The van der Waals surface area contributed by atoms with Crippen LogP contribution >= 0.6 is 11.8 Å². The van der Waals surface area contributed by atoms with Gasteiger partial charge >= 0.3 is 0 Å². The molecule has 1 aromatic carbocycles. The number of nitrogens with one attached hydrogen (secondary N) is 1. The highest BCUT2D eigenvalue weighted by Gasteiger charge is 2.41. The number of thioether (sulfide) groups is 1. The van der Waals surface area contributed by atoms with E-state index in [4.69, 9.17) is 0 Å². The molecule has 1 N–H and O–H groups in total. The van der Waals surface area contributed by atoms with E-state index in [1.165, 1.54) is 0 Å². The molecule has 26 heavy (non-hydrogen) atoms. The summed E-state index contributed by atoms with van der Waals surface area (Å²) in [5.41, 5.74) is 1.91. The minimum atomic E-state index is -0.241. The molecule has 1 saturated heterocycles. The first-order valence-electron chi connectivity index (χ1n) is 8.92. The zero-order chi connectivity index (χ0) is 17.9. The van der Waals surface area contributed by atoms with Crippen LogP contribution in [-0.4, -0.2) is 34.3 Å². The van der Waals surface area contributed by atoms with Gasteiger partial charge in [-0.3, -0.25) is 9.59 Å². The number of carbonyl (C=O) groups excluding carboxylic acids is 2. The number of anilines is 1. The summed E-state index contributed by atoms with van der Waals surface area (Å²) in [6, 6.07) is 14.1. The zero-order valence-electron chi connectivity index (χ0n) is 14.4. The maximum absolute atomic E-state index is 12.5. The van der Waals surface area contributed by atoms with Crippen molar-refractivity contribution in [1.82, 2.24) is 9.88 Å². The molecule has 0 spiro atoms. The molecule has 4 rings (SSSR count). The van der Waals surface area contributed by atoms with E-state index in [0.717, 1.165) is 34.9 Å². The molecule has 2 aliphatic rings. The van der Waals surface area contributed by atoms with Crippen molar-refractivity contribution in [3.63, 3.8) is 0 Å². The number of hydrogen-bond donors (Lipinski definition) is 1. The summed E-state index contributed by atoms with van der Waals surface area (Å²) in [6.07, 6.45) is 4.27. The molecule has 6 heteroatoms. The zero-order valence-corrected chi connectivity index (χ0v) is 15.2. The summed E-state index contributed by atoms with van der Waals surface area (Å²) in [6.45, 7) is 0.560. The molecule has 2 amide bonds. The summed E-state index contributed by atoms with van der Waals surface area (Å²) < 4.78 is 0. The van der Waals surface area contributed by atoms with Gasteiger partial charge in [-0.25, -0.2) is 4.98 Å². The summed E-state index contributed by atoms with van der Waals surface area (Å²) in [7, 11) is 0. The first kappa shape index (κ1) is 17.1. The van der Waals surface area contributed by atoms with Gasteiger partial charge in [0, 0.05) is 36.6 Å². The molecule has 1 aliphatic carbocycles. The summed E-state index contributed by atoms with van der Waals surface area (Å²) in [4.78, 5) is 30.8. The molecule has 1 aliphatic heterocycles. The lowest BCUT2D eigenvalue weighted by Gasteiger charge is -2.15. The molecule has 1 saturated carbocycles. The van der Waals surface area contributed by atoms with Gasteiger partial charge in [-0.05, 0) is 42.7 Å². The fourth-order valence-electron chi connectivity index (χ4n) is 3.22. The number of pyridine rings is 1. The predicted octanol–water partition coefficient (Wildman–Crippen LogP) is 3.32. The molecule has 2 heterocycles. The van der Waals surface area contributed by atoms with Crippen molar-refractivity contribution in [3.8, 4) is 0 Å². The first-order chi connectivity index (χ1) is 12.7. The van der Waals surface area contributed by atoms with Crippen LogP contribution in [0, 0.1) is 5.92 Å². The predicted molar refractivity (Wildman–Crippen MR) is 102 cm³/mol. The molecular weight excluding hydrogens is 346 g/mol. The molecule has 0 radical (unpaired) electrons. The number of likely N-dealkylation sites (tertiary alicyclic amines) is 1. The first-order valence-corrected chi connectivity index (χ1v) is 9.91. The Morgan fingerprint density at radius 1 is 1.23 bits per heavy atom. The number of carbonyl (C=O) groups is 2. The molecule has 2 aromatic rings. The highest BCUT2D eigenvalue weighted by atomic mass is 32.2. The lowest BCUT2D eigenvalue weighted by Crippen LogP contribution is -2.29. The monoisotopic (exact) mass is 367 g/mol. The van der Waals surface area contributed by atoms with Crippen molar-refractivity contribution in [2.24, 2.45) is 5.92 Å². The summed E-state index contributed by atoms with van der Waals surface area (Å²) >= 11 is 1.66. The van der Waals surface area contributed by atoms with E-state index in [2.05, 4.69) is 10.3 Å². The number of amides is 2. The van der Waals surface area contributed by atoms with Gasteiger partial charge < -0.3 is 10.2 Å². The molecule has 1 aromatic heterocycles. The van der Waals surface area contributed by atoms with Crippen LogP contribution in [0.25, 0.3) is 0 Å². The Bertz CT molecular complexity index is 808. The van der Waals surface area contributed by atoms with E-state index in [-0.39, 0.29) is 17.7 Å². The third kappa shape index (κ3) is 4.07. The Kier molecular flexibility index (Phi) is 4.93. The normalized spacial score (nSPS) is 19.6. The summed E-state index contributed by atoms with van der Waals surface area (Å²) in [5.74, 6) is 0.608. The van der Waals surface area contributed by atoms with Gasteiger partial charge in [0.25, 0.3) is 0 Å². The average Bonchev–Trinajstić information content (AvgIpc) is 3.43. The number of benzene rings is 1. The summed E-state index contributed by atoms with van der Waals surface area (Å²) in [5, 5.41) is 3.96. The van der Waals surface area contributed by atoms with E-state index in [1.807, 2.05) is 47.4 Å². The second-order valence-electron chi connectivity index (χ2n) is 6.82. The maximum atomic E-state index is 12.5. The van der Waals surface area contributed by atoms with Crippen LogP contribution in [0.3, 0.4) is 0 Å². The molecular formula is C20H21N3O2S. The third-order valence-electron chi connectivity index (χ3n) is 4.74. The van der Waals surface area contributed by atoms with Crippen molar-refractivity contribution < 1.29 is 9.59 Å². The number of nitrogens with zero attached hydrogens (tertiary/aromatic N) is 2. The molecule has 1 atom stereocenters. The van der Waals surface area contributed by atoms with Crippen molar-refractivity contribution in [2.45, 2.75) is 36.1 Å². The highest BCUT2D eigenvalue weighted by molar-refractivity contribution is 7.98. The Morgan fingerprint density at radius 2 is 2.12 bits per heavy atom. The Labute approximate surface area is 157 Å². The third-order valence-corrected chi connectivity index (χ3v) is 5.75. The van der Waals surface area contributed by atoms with Gasteiger partial charge in [0.15, 0.2) is 0 Å². The minimum Gasteiger partial charge on any atom is -0.339 e. The van der Waals surface area contributed by atoms with Gasteiger partial charge in [-0.2, -0.15) is 0 Å². The van der Waals surface area contributed by atoms with Crippen LogP contribution in [0.5, 0.6) is 0 Å². The molecule has 2 fully saturated rings. The van der Waals surface area contributed by atoms with Crippen LogP contribution in [0.4, 0.5) is 5.69 Å². The second kappa shape index (κ2) is 7.50. The van der Waals surface area contributed by atoms with Crippen LogP contribution in [-0.2, 0) is 15.3 Å². The Morgan fingerprint density at radius 3 is 2.88 bits per heavy atom. The van der Waals surface area contributed by atoms with Crippen LogP contribution < -0.4 is 5.32 Å². The van der Waals surface area contributed by atoms with Gasteiger partial charge in [-0.15, -0.1) is 11.8 Å². The lowest BCUT2D eigenvalue weighted by molar-refractivity contribution is -0.128. The van der Waals surface area contributed by atoms with Gasteiger partial charge in [0.05, 0.1) is 10.9 Å². The largest absolute Gasteiger partial charge is 0.339 e. The molecule has 1 unspecified atom stereocenters. The number of hydrogen-bond acceptors (Lipinski definition) is 4. The van der Waals surface area contributed by atoms with E-state index in [1.54, 1.807) is 18.0 Å². The number of rotatable bonds is 6. The highest BCUT2D eigenvalue weighted by Crippen LogP contribution is 2.33. The van der Waals surface area contributed by atoms with Gasteiger partial charge in [-0.1, -0.05) is 18.2 Å². The SMILES string of the molecule is O=C(Nc1cccc(CSc2ccccn2)c1)C1CC(=O)N(C2CC2)C1. The van der Waals surface area contributed by atoms with Crippen LogP contribution in [0.2, 0.25) is 0 Å². The van der Waals surface area contributed by atoms with E-state index in [9.17, 15) is 9.59 Å². The van der Waals surface area contributed by atoms with Crippen molar-refractivity contribution in [1.29, 1.82) is 0 Å². The van der Waals surface area contributed by atoms with Gasteiger partial charge in [0.1, 0.15) is 0 Å². The average molecular weight is 367 g/mol. The molecule has 5 nitrogen and oxygen atoms in total. The number of aromatic nitrogens is 1. The smallest absolute Gasteiger partial charge is 0.229 e. The van der Waals surface area contributed by atoms with Crippen molar-refractivity contribution in [3.05, 3.63) is 54.2 Å². The quantitative estimate of drug-likeness (QED) is 0.796. The Balaban J connectivity index is 1.34. The van der Waals surface area contributed by atoms with E-state index in [0.29, 0.717) is 19.0 Å². The minimum absolute atomic E-state index is 0.0592. The van der Waals surface area contributed by atoms with E-state index >= 15 is 0 Å². The standard InChI is InChI=1S/C20H21N3O2S/c24-19-11-15(12-23(19)17-7-8-17)20(25)22-16-5-3-4-14(10-16)13-26-18-6-1-2-9-21-18/h1-6,9-10,15,17H,7-8,11-13H2,(H,22,25). The van der Waals surface area contributed by atoms with Crippen molar-refractivity contribution in [2.75, 3.05) is 11.9 Å². The van der Waals surface area contributed by atoms with Gasteiger partial charge in [0.2, 0.25) is 11.8 Å². The van der Waals surface area contributed by atoms with Crippen molar-refractivity contribution >= 4 is 29.3 Å². The molecule has 0 bridgehead atoms. The van der Waals surface area contributed by atoms with Crippen LogP contribution in [0.15, 0.2) is 53.7 Å².